The Morgan fingerprint density at radius 1 is 0.875 bits per heavy atom. The summed E-state index contributed by atoms with van der Waals surface area (Å²) in [5.74, 6) is 0.572. The van der Waals surface area contributed by atoms with Crippen molar-refractivity contribution in [1.82, 2.24) is 5.06 Å². The van der Waals surface area contributed by atoms with Crippen LogP contribution in [0.3, 0.4) is 0 Å². The van der Waals surface area contributed by atoms with Crippen LogP contribution in [0.2, 0.25) is 0 Å². The average molecular weight is 676 g/mol. The van der Waals surface area contributed by atoms with Crippen LogP contribution >= 0.6 is 0 Å². The van der Waals surface area contributed by atoms with Crippen LogP contribution in [0.1, 0.15) is 106 Å². The highest BCUT2D eigenvalue weighted by Gasteiger charge is 2.72. The Morgan fingerprint density at radius 3 is 2.23 bits per heavy atom. The number of hydrogen-bond acceptors (Lipinski definition) is 9. The number of nitrogens with zero attached hydrogens (tertiary/aromatic N) is 1. The number of carbonyl (C=O) groups excluding carboxylic acids is 1. The molecule has 0 aromatic carbocycles. The molecule has 10 heteroatoms. The van der Waals surface area contributed by atoms with Crippen LogP contribution in [-0.4, -0.2) is 88.3 Å². The maximum Gasteiger partial charge on any atom is 0.323 e. The van der Waals surface area contributed by atoms with Gasteiger partial charge in [-0.05, 0) is 117 Å². The molecule has 5 saturated carbocycles. The fourth-order valence-electron chi connectivity index (χ4n) is 13.3. The Hall–Kier alpha value is -1.56. The number of aliphatic carboxylic acids is 1. The summed E-state index contributed by atoms with van der Waals surface area (Å²) in [6, 6.07) is 0. The number of carboxylic acid groups (broad SMARTS) is 1. The molecule has 5 unspecified atom stereocenters. The van der Waals surface area contributed by atoms with Gasteiger partial charge in [0.1, 0.15) is 31.0 Å². The normalized spacial score (nSPS) is 49.6. The minimum absolute atomic E-state index is 0.0536. The predicted octanol–water partition coefficient (Wildman–Crippen LogP) is 4.94. The smallest absolute Gasteiger partial charge is 0.323 e. The molecule has 6 fully saturated rings. The molecule has 1 saturated heterocycles. The summed E-state index contributed by atoms with van der Waals surface area (Å²) >= 11 is 0. The number of aliphatic hydroxyl groups is 3. The van der Waals surface area contributed by atoms with E-state index in [1.807, 2.05) is 0 Å². The predicted molar refractivity (Wildman–Crippen MR) is 178 cm³/mol. The lowest BCUT2D eigenvalue weighted by Crippen LogP contribution is -2.67. The van der Waals surface area contributed by atoms with Crippen LogP contribution in [-0.2, 0) is 23.9 Å². The Morgan fingerprint density at radius 2 is 1.58 bits per heavy atom. The van der Waals surface area contributed by atoms with E-state index < -0.39 is 41.9 Å². The van der Waals surface area contributed by atoms with Crippen molar-refractivity contribution in [3.05, 3.63) is 12.2 Å². The van der Waals surface area contributed by atoms with Crippen LogP contribution in [0.25, 0.3) is 0 Å². The van der Waals surface area contributed by atoms with Gasteiger partial charge >= 0.3 is 11.9 Å². The van der Waals surface area contributed by atoms with Crippen LogP contribution in [0.15, 0.2) is 12.2 Å². The molecule has 10 nitrogen and oxygen atoms in total. The summed E-state index contributed by atoms with van der Waals surface area (Å²) in [5.41, 5.74) is 0.458. The van der Waals surface area contributed by atoms with Gasteiger partial charge in [-0.15, -0.1) is 5.06 Å². The van der Waals surface area contributed by atoms with Gasteiger partial charge in [0.05, 0.1) is 19.1 Å². The number of carboxylic acids is 1. The van der Waals surface area contributed by atoms with Gasteiger partial charge in [-0.1, -0.05) is 46.8 Å². The molecule has 14 atom stereocenters. The van der Waals surface area contributed by atoms with Gasteiger partial charge in [0.2, 0.25) is 0 Å². The van der Waals surface area contributed by atoms with Crippen molar-refractivity contribution in [3.8, 4) is 0 Å². The maximum atomic E-state index is 13.4. The van der Waals surface area contributed by atoms with Crippen molar-refractivity contribution >= 4 is 11.9 Å². The van der Waals surface area contributed by atoms with Crippen molar-refractivity contribution in [3.63, 3.8) is 0 Å². The molecular formula is C38H61NO9. The molecule has 1 heterocycles. The zero-order chi connectivity index (χ0) is 35.2. The molecule has 0 radical (unpaired) electrons. The number of hydroxylamine groups is 2. The Bertz CT molecular complexity index is 1290. The minimum Gasteiger partial charge on any atom is -0.481 e. The number of carbonyl (C=O) groups is 2. The van der Waals surface area contributed by atoms with Gasteiger partial charge in [0.25, 0.3) is 0 Å². The van der Waals surface area contributed by atoms with Crippen LogP contribution < -0.4 is 0 Å². The van der Waals surface area contributed by atoms with Crippen LogP contribution in [0.4, 0.5) is 0 Å². The van der Waals surface area contributed by atoms with Gasteiger partial charge in [-0.25, -0.2) is 0 Å². The van der Waals surface area contributed by atoms with Crippen molar-refractivity contribution in [2.24, 2.45) is 56.7 Å². The molecule has 6 aliphatic rings. The Balaban J connectivity index is 1.20. The summed E-state index contributed by atoms with van der Waals surface area (Å²) in [7, 11) is 1.37. The third-order valence-corrected chi connectivity index (χ3v) is 16.0. The molecule has 5 aliphatic carbocycles. The molecule has 272 valence electrons. The molecule has 0 amide bonds. The molecule has 0 bridgehead atoms. The molecule has 1 aliphatic heterocycles. The van der Waals surface area contributed by atoms with Crippen molar-refractivity contribution in [2.45, 2.75) is 136 Å². The van der Waals surface area contributed by atoms with E-state index >= 15 is 0 Å². The number of ether oxygens (including phenoxy) is 2. The highest BCUT2D eigenvalue weighted by atomic mass is 16.7. The summed E-state index contributed by atoms with van der Waals surface area (Å²) in [6.07, 6.45) is 3.94. The molecule has 0 aromatic heterocycles. The SMILES string of the molecule is C=C(C)[C@@H]1CC[C@]2(C(=O)O)CC[C@]3(C)C(CCC4[C@@]5(C)CC[C@H](OC(=O)CN(OC)C6OC[C@H](O)[C@H](O)[C@H]6O)C(C)(C)C5CC[C@]43C)C12. The first-order chi connectivity index (χ1) is 22.4. The van der Waals surface area contributed by atoms with E-state index in [0.717, 1.165) is 69.8 Å². The second kappa shape index (κ2) is 12.3. The summed E-state index contributed by atoms with van der Waals surface area (Å²) in [6.45, 7) is 18.0. The maximum absolute atomic E-state index is 13.4. The standard InChI is InChI=1S/C38H61NO9/c1-21(2)22-11-16-38(33(44)45)18-17-36(6)23(29(22)38)9-10-26-35(5)14-13-27(34(3,4)25(35)12-15-37(26,36)7)48-28(41)19-39(46-8)32-31(43)30(42)24(40)20-47-32/h22-27,29-32,40,42-43H,1,9-20H2,2-8H3,(H,44,45)/t22-,23?,24-,25?,26?,27-,29?,30-,31+,32?,35-,36+,37+,38-/m0/s1. The monoisotopic (exact) mass is 675 g/mol. The second-order valence-corrected chi connectivity index (χ2v) is 18.0. The van der Waals surface area contributed by atoms with Crippen LogP contribution in [0.5, 0.6) is 0 Å². The number of hydrogen-bond donors (Lipinski definition) is 4. The van der Waals surface area contributed by atoms with E-state index in [1.165, 1.54) is 12.2 Å². The summed E-state index contributed by atoms with van der Waals surface area (Å²) in [4.78, 5) is 31.7. The Kier molecular flexibility index (Phi) is 9.28. The lowest BCUT2D eigenvalue weighted by Gasteiger charge is -2.72. The lowest BCUT2D eigenvalue weighted by molar-refractivity contribution is -0.305. The zero-order valence-corrected chi connectivity index (χ0v) is 30.2. The number of fused-ring (bicyclic) bond motifs is 7. The minimum atomic E-state index is -1.45. The van der Waals surface area contributed by atoms with Gasteiger partial charge < -0.3 is 29.9 Å². The molecule has 0 spiro atoms. The molecule has 48 heavy (non-hydrogen) atoms. The molecule has 0 aromatic rings. The average Bonchev–Trinajstić information content (AvgIpc) is 3.42. The zero-order valence-electron chi connectivity index (χ0n) is 30.2. The van der Waals surface area contributed by atoms with Crippen LogP contribution in [0, 0.1) is 56.7 Å². The van der Waals surface area contributed by atoms with E-state index in [9.17, 15) is 30.0 Å². The van der Waals surface area contributed by atoms with Gasteiger partial charge in [0, 0.05) is 5.41 Å². The lowest BCUT2D eigenvalue weighted by atomic mass is 9.32. The fourth-order valence-corrected chi connectivity index (χ4v) is 13.3. The largest absolute Gasteiger partial charge is 0.481 e. The number of rotatable bonds is 7. The summed E-state index contributed by atoms with van der Waals surface area (Å²) in [5, 5.41) is 42.3. The van der Waals surface area contributed by atoms with E-state index in [-0.39, 0.29) is 52.8 Å². The third-order valence-electron chi connectivity index (χ3n) is 16.0. The van der Waals surface area contributed by atoms with E-state index in [4.69, 9.17) is 14.3 Å². The molecule has 4 N–H and O–H groups in total. The highest BCUT2D eigenvalue weighted by Crippen LogP contribution is 2.77. The number of esters is 1. The summed E-state index contributed by atoms with van der Waals surface area (Å²) < 4.78 is 11.7. The molecular weight excluding hydrogens is 614 g/mol. The molecule has 6 rings (SSSR count). The first kappa shape index (κ1) is 36.2. The van der Waals surface area contributed by atoms with Gasteiger partial charge in [-0.2, -0.15) is 0 Å². The Labute approximate surface area is 286 Å². The number of aliphatic hydroxyl groups excluding tert-OH is 3. The number of allylic oxidation sites excluding steroid dienone is 1. The van der Waals surface area contributed by atoms with Gasteiger partial charge in [0.15, 0.2) is 6.23 Å². The van der Waals surface area contributed by atoms with E-state index in [2.05, 4.69) is 48.1 Å². The van der Waals surface area contributed by atoms with E-state index in [0.29, 0.717) is 17.8 Å². The highest BCUT2D eigenvalue weighted by molar-refractivity contribution is 5.76. The van der Waals surface area contributed by atoms with Gasteiger partial charge in [-0.3, -0.25) is 14.4 Å². The van der Waals surface area contributed by atoms with Crippen molar-refractivity contribution < 1.29 is 44.3 Å². The third kappa shape index (κ3) is 5.08. The first-order valence-electron chi connectivity index (χ1n) is 18.4. The second-order valence-electron chi connectivity index (χ2n) is 18.0. The fraction of sp³-hybridized carbons (Fsp3) is 0.895. The first-order valence-corrected chi connectivity index (χ1v) is 18.4. The van der Waals surface area contributed by atoms with Crippen molar-refractivity contribution in [2.75, 3.05) is 20.3 Å². The van der Waals surface area contributed by atoms with Crippen molar-refractivity contribution in [1.29, 1.82) is 0 Å². The quantitative estimate of drug-likeness (QED) is 0.166. The topological polar surface area (TPSA) is 146 Å². The van der Waals surface area contributed by atoms with E-state index in [1.54, 1.807) is 0 Å².